The molecule has 0 bridgehead atoms. The number of rotatable bonds is 2. The second kappa shape index (κ2) is 6.16. The van der Waals surface area contributed by atoms with Crippen molar-refractivity contribution < 1.29 is 0 Å². The van der Waals surface area contributed by atoms with Crippen LogP contribution < -0.4 is 5.73 Å². The van der Waals surface area contributed by atoms with Crippen LogP contribution in [-0.2, 0) is 0 Å². The molecular weight excluding hydrogens is 317 g/mol. The van der Waals surface area contributed by atoms with Gasteiger partial charge in [-0.1, -0.05) is 29.3 Å². The monoisotopic (exact) mass is 326 g/mol. The summed E-state index contributed by atoms with van der Waals surface area (Å²) < 4.78 is 0. The van der Waals surface area contributed by atoms with Crippen molar-refractivity contribution in [3.05, 3.63) is 77.2 Å². The second-order valence-corrected chi connectivity index (χ2v) is 5.57. The molecule has 0 atom stereocenters. The van der Waals surface area contributed by atoms with E-state index in [1.165, 1.54) is 0 Å². The van der Waals surface area contributed by atoms with Gasteiger partial charge in [0.1, 0.15) is 17.5 Å². The smallest absolute Gasteiger partial charge is 0.142 e. The molecule has 5 heteroatoms. The van der Waals surface area contributed by atoms with E-state index in [4.69, 9.17) is 28.9 Å². The van der Waals surface area contributed by atoms with Gasteiger partial charge in [0.2, 0.25) is 0 Å². The van der Waals surface area contributed by atoms with Crippen molar-refractivity contribution in [2.24, 2.45) is 0 Å². The summed E-state index contributed by atoms with van der Waals surface area (Å²) in [5, 5.41) is 10.4. The summed E-state index contributed by atoms with van der Waals surface area (Å²) in [5.41, 5.74) is 8.30. The van der Waals surface area contributed by atoms with Gasteiger partial charge in [0, 0.05) is 27.1 Å². The molecule has 0 aliphatic heterocycles. The Kier molecular flexibility index (Phi) is 4.24. The first kappa shape index (κ1) is 15.1. The number of nitrogens with zero attached hydrogens (tertiary/aromatic N) is 2. The van der Waals surface area contributed by atoms with Crippen molar-refractivity contribution in [1.82, 2.24) is 4.98 Å². The number of halogens is 2. The lowest BCUT2D eigenvalue weighted by molar-refractivity contribution is 1.14. The summed E-state index contributed by atoms with van der Waals surface area (Å²) in [6, 6.07) is 9.05. The molecule has 0 unspecified atom stereocenters. The number of anilines is 1. The van der Waals surface area contributed by atoms with E-state index in [0.717, 1.165) is 5.92 Å². The van der Waals surface area contributed by atoms with Gasteiger partial charge < -0.3 is 5.73 Å². The van der Waals surface area contributed by atoms with Crippen LogP contribution in [0.1, 0.15) is 11.3 Å². The van der Waals surface area contributed by atoms with Crippen LogP contribution in [0.3, 0.4) is 0 Å². The molecule has 1 saturated carbocycles. The van der Waals surface area contributed by atoms with Crippen LogP contribution in [0.2, 0.25) is 10.0 Å². The highest BCUT2D eigenvalue weighted by Gasteiger charge is 2.23. The SMILES string of the molecule is N#Cc1c(-c2ccc(Cl)cc2Cl)cc([C]2[CH][CH][CH][CH]2)nc1N. The Morgan fingerprint density at radius 2 is 1.77 bits per heavy atom. The van der Waals surface area contributed by atoms with E-state index in [-0.39, 0.29) is 5.82 Å². The van der Waals surface area contributed by atoms with Gasteiger partial charge in [-0.2, -0.15) is 5.26 Å². The van der Waals surface area contributed by atoms with Crippen molar-refractivity contribution in [3.63, 3.8) is 0 Å². The van der Waals surface area contributed by atoms with E-state index in [1.807, 2.05) is 31.7 Å². The van der Waals surface area contributed by atoms with E-state index in [0.29, 0.717) is 32.4 Å². The molecule has 0 spiro atoms. The maximum Gasteiger partial charge on any atom is 0.142 e. The molecule has 5 radical (unpaired) electrons. The fourth-order valence-electron chi connectivity index (χ4n) is 2.30. The second-order valence-electron chi connectivity index (χ2n) is 4.72. The average molecular weight is 327 g/mol. The topological polar surface area (TPSA) is 62.7 Å². The van der Waals surface area contributed by atoms with Gasteiger partial charge in [-0.15, -0.1) is 0 Å². The molecule has 1 aromatic heterocycles. The van der Waals surface area contributed by atoms with Crippen LogP contribution in [0.5, 0.6) is 0 Å². The van der Waals surface area contributed by atoms with Gasteiger partial charge in [-0.05, 0) is 43.9 Å². The highest BCUT2D eigenvalue weighted by atomic mass is 35.5. The van der Waals surface area contributed by atoms with Crippen LogP contribution in [0.15, 0.2) is 24.3 Å². The van der Waals surface area contributed by atoms with Gasteiger partial charge >= 0.3 is 0 Å². The first-order chi connectivity index (χ1) is 10.6. The molecule has 1 fully saturated rings. The fourth-order valence-corrected chi connectivity index (χ4v) is 2.81. The molecule has 1 aliphatic carbocycles. The van der Waals surface area contributed by atoms with Gasteiger partial charge in [0.25, 0.3) is 0 Å². The number of aromatic nitrogens is 1. The minimum atomic E-state index is 0.183. The maximum absolute atomic E-state index is 9.39. The molecule has 0 saturated heterocycles. The Labute approximate surface area is 139 Å². The predicted octanol–water partition coefficient (Wildman–Crippen LogP) is 4.26. The minimum Gasteiger partial charge on any atom is -0.383 e. The summed E-state index contributed by atoms with van der Waals surface area (Å²) in [7, 11) is 0. The fraction of sp³-hybridized carbons (Fsp3) is 0. The van der Waals surface area contributed by atoms with Crippen LogP contribution in [0.4, 0.5) is 5.82 Å². The number of nitrogens with two attached hydrogens (primary N) is 1. The number of nitriles is 1. The highest BCUT2D eigenvalue weighted by Crippen LogP contribution is 2.37. The zero-order valence-corrected chi connectivity index (χ0v) is 12.9. The predicted molar refractivity (Wildman–Crippen MR) is 88.4 cm³/mol. The third kappa shape index (κ3) is 2.77. The zero-order chi connectivity index (χ0) is 15.7. The lowest BCUT2D eigenvalue weighted by Crippen LogP contribution is -2.05. The van der Waals surface area contributed by atoms with Crippen LogP contribution in [0, 0.1) is 42.9 Å². The van der Waals surface area contributed by atoms with Crippen LogP contribution in [0.25, 0.3) is 11.1 Å². The first-order valence-electron chi connectivity index (χ1n) is 6.48. The Morgan fingerprint density at radius 1 is 1.05 bits per heavy atom. The number of benzene rings is 1. The van der Waals surface area contributed by atoms with E-state index < -0.39 is 0 Å². The van der Waals surface area contributed by atoms with Crippen molar-refractivity contribution in [2.75, 3.05) is 5.73 Å². The average Bonchev–Trinajstić information content (AvgIpc) is 3.00. The summed E-state index contributed by atoms with van der Waals surface area (Å²) in [5.74, 6) is 1.12. The van der Waals surface area contributed by atoms with Gasteiger partial charge in [0.05, 0.1) is 5.69 Å². The maximum atomic E-state index is 9.39. The van der Waals surface area contributed by atoms with Crippen molar-refractivity contribution in [3.8, 4) is 17.2 Å². The van der Waals surface area contributed by atoms with Gasteiger partial charge in [0.15, 0.2) is 0 Å². The van der Waals surface area contributed by atoms with E-state index in [9.17, 15) is 5.26 Å². The normalized spacial score (nSPS) is 15.0. The van der Waals surface area contributed by atoms with Gasteiger partial charge in [-0.25, -0.2) is 4.98 Å². The van der Waals surface area contributed by atoms with E-state index in [1.54, 1.807) is 18.2 Å². The number of nitrogen functional groups attached to an aromatic ring is 1. The van der Waals surface area contributed by atoms with Crippen LogP contribution >= 0.6 is 23.2 Å². The van der Waals surface area contributed by atoms with E-state index >= 15 is 0 Å². The Balaban J connectivity index is 2.18. The third-order valence-corrected chi connectivity index (χ3v) is 3.89. The third-order valence-electron chi connectivity index (χ3n) is 3.34. The summed E-state index contributed by atoms with van der Waals surface area (Å²) in [6.45, 7) is 0. The Bertz CT molecular complexity index is 759. The number of hydrogen-bond donors (Lipinski definition) is 1. The van der Waals surface area contributed by atoms with Crippen molar-refractivity contribution in [1.29, 1.82) is 5.26 Å². The molecule has 1 aliphatic rings. The summed E-state index contributed by atoms with van der Waals surface area (Å²) in [6.07, 6.45) is 7.70. The molecule has 22 heavy (non-hydrogen) atoms. The number of pyridine rings is 1. The molecule has 1 aromatic carbocycles. The Morgan fingerprint density at radius 3 is 2.41 bits per heavy atom. The van der Waals surface area contributed by atoms with Crippen molar-refractivity contribution in [2.45, 2.75) is 0 Å². The lowest BCUT2D eigenvalue weighted by Gasteiger charge is -2.14. The molecule has 0 amide bonds. The molecule has 3 nitrogen and oxygen atoms in total. The molecular formula is C17H10Cl2N3. The molecule has 2 N–H and O–H groups in total. The molecule has 3 rings (SSSR count). The molecule has 2 aromatic rings. The molecule has 1 heterocycles. The Hall–Kier alpha value is -1.76. The number of hydrogen-bond acceptors (Lipinski definition) is 3. The lowest BCUT2D eigenvalue weighted by atomic mass is 9.95. The summed E-state index contributed by atoms with van der Waals surface area (Å²) >= 11 is 12.2. The summed E-state index contributed by atoms with van der Waals surface area (Å²) in [4.78, 5) is 4.31. The van der Waals surface area contributed by atoms with Crippen molar-refractivity contribution >= 4 is 29.0 Å². The van der Waals surface area contributed by atoms with E-state index in [2.05, 4.69) is 11.1 Å². The molecule has 107 valence electrons. The first-order valence-corrected chi connectivity index (χ1v) is 7.24. The zero-order valence-electron chi connectivity index (χ0n) is 11.3. The standard InChI is InChI=1S/C17H10Cl2N3/c18-11-5-6-12(15(19)7-11)13-8-16(10-3-1-2-4-10)22-17(21)14(13)9-20/h1-8H,(H2,21,22). The van der Waals surface area contributed by atoms with Crippen LogP contribution in [-0.4, -0.2) is 4.98 Å². The minimum absolute atomic E-state index is 0.183. The highest BCUT2D eigenvalue weighted by molar-refractivity contribution is 6.36. The largest absolute Gasteiger partial charge is 0.383 e. The quantitative estimate of drug-likeness (QED) is 0.896. The van der Waals surface area contributed by atoms with Gasteiger partial charge in [-0.3, -0.25) is 0 Å².